The highest BCUT2D eigenvalue weighted by Gasteiger charge is 2.50. The lowest BCUT2D eigenvalue weighted by atomic mass is 9.91. The van der Waals surface area contributed by atoms with Crippen molar-refractivity contribution in [1.82, 2.24) is 55.1 Å². The Bertz CT molecular complexity index is 3040. The molecule has 1 saturated carbocycles. The van der Waals surface area contributed by atoms with Crippen molar-refractivity contribution in [3.8, 4) is 0 Å². The van der Waals surface area contributed by atoms with Crippen molar-refractivity contribution in [1.29, 1.82) is 0 Å². The number of rotatable bonds is 10. The zero-order valence-electron chi connectivity index (χ0n) is 55.6. The van der Waals surface area contributed by atoms with E-state index < -0.39 is 167 Å². The summed E-state index contributed by atoms with van der Waals surface area (Å²) in [5, 5.41) is 7.93. The molecular formula is C65H94ClF4N11O11. The lowest BCUT2D eigenvalue weighted by Crippen LogP contribution is -2.64. The number of nitrogens with one attached hydrogen (secondary N) is 3. The first-order valence-electron chi connectivity index (χ1n) is 31.6. The number of hydrogen-bond acceptors (Lipinski definition) is 11. The average Bonchev–Trinajstić information content (AvgIpc) is 1.50. The van der Waals surface area contributed by atoms with Crippen LogP contribution < -0.4 is 16.0 Å². The van der Waals surface area contributed by atoms with Crippen LogP contribution in [-0.4, -0.2) is 228 Å². The van der Waals surface area contributed by atoms with E-state index in [2.05, 4.69) is 16.0 Å². The third-order valence-corrected chi connectivity index (χ3v) is 18.6. The number of halogens is 5. The predicted molar refractivity (Wildman–Crippen MR) is 336 cm³/mol. The molecule has 2 heterocycles. The van der Waals surface area contributed by atoms with Crippen LogP contribution in [0.2, 0.25) is 5.02 Å². The Hall–Kier alpha value is -7.38. The Labute approximate surface area is 542 Å². The summed E-state index contributed by atoms with van der Waals surface area (Å²) in [7, 11) is 9.66. The second-order valence-corrected chi connectivity index (χ2v) is 26.5. The number of alkyl halides is 3. The fourth-order valence-electron chi connectivity index (χ4n) is 12.3. The van der Waals surface area contributed by atoms with Crippen LogP contribution in [0.3, 0.4) is 0 Å². The third-order valence-electron chi connectivity index (χ3n) is 18.3. The van der Waals surface area contributed by atoms with E-state index in [1.165, 1.54) is 93.2 Å². The maximum absolute atomic E-state index is 15.1. The van der Waals surface area contributed by atoms with E-state index in [1.54, 1.807) is 27.7 Å². The number of carbonyl (C=O) groups excluding carboxylic acids is 11. The molecule has 27 heteroatoms. The van der Waals surface area contributed by atoms with Crippen molar-refractivity contribution >= 4 is 76.6 Å². The van der Waals surface area contributed by atoms with Gasteiger partial charge in [-0.25, -0.2) is 4.39 Å². The number of aryl methyl sites for hydroxylation is 1. The topological polar surface area (TPSA) is 250 Å². The molecule has 2 aromatic carbocycles. The lowest BCUT2D eigenvalue weighted by Gasteiger charge is -2.41. The van der Waals surface area contributed by atoms with Gasteiger partial charge in [0.25, 0.3) is 0 Å². The summed E-state index contributed by atoms with van der Waals surface area (Å²) < 4.78 is 56.0. The molecule has 5 rings (SSSR count). The van der Waals surface area contributed by atoms with E-state index in [-0.39, 0.29) is 75.0 Å². The summed E-state index contributed by atoms with van der Waals surface area (Å²) in [4.78, 5) is 169. The molecule has 2 aromatic rings. The molecule has 510 valence electrons. The molecule has 2 saturated heterocycles. The first-order valence-corrected chi connectivity index (χ1v) is 31.9. The number of benzene rings is 2. The number of carbonyl (C=O) groups is 11. The Kier molecular flexibility index (Phi) is 26.6. The molecule has 8 atom stereocenters. The van der Waals surface area contributed by atoms with Gasteiger partial charge in [0.15, 0.2) is 0 Å². The second-order valence-electron chi connectivity index (χ2n) is 26.1. The number of likely N-dealkylation sites (N-methyl/N-ethyl adjacent to an activating group) is 7. The van der Waals surface area contributed by atoms with E-state index in [4.69, 9.17) is 11.6 Å². The highest BCUT2D eigenvalue weighted by atomic mass is 35.5. The number of fused-ring (bicyclic) bond motifs is 1. The maximum atomic E-state index is 15.1. The third kappa shape index (κ3) is 18.9. The number of amides is 11. The van der Waals surface area contributed by atoms with Crippen molar-refractivity contribution in [2.24, 2.45) is 17.8 Å². The van der Waals surface area contributed by atoms with Crippen LogP contribution in [0.5, 0.6) is 0 Å². The Balaban J connectivity index is 1.57. The van der Waals surface area contributed by atoms with Crippen LogP contribution >= 0.6 is 11.6 Å². The summed E-state index contributed by atoms with van der Waals surface area (Å²) in [6, 6.07) is 0.0876. The Morgan fingerprint density at radius 1 is 0.663 bits per heavy atom. The van der Waals surface area contributed by atoms with E-state index in [9.17, 15) is 65.5 Å². The summed E-state index contributed by atoms with van der Waals surface area (Å²) in [5.41, 5.74) is -2.07. The van der Waals surface area contributed by atoms with Crippen LogP contribution in [-0.2, 0) is 71.8 Å². The molecule has 22 nitrogen and oxygen atoms in total. The van der Waals surface area contributed by atoms with Gasteiger partial charge in [-0.1, -0.05) is 90.6 Å². The molecular weight excluding hydrogens is 1220 g/mol. The molecule has 0 bridgehead atoms. The summed E-state index contributed by atoms with van der Waals surface area (Å²) in [5.74, 6) is -9.24. The fourth-order valence-corrected chi connectivity index (χ4v) is 12.6. The molecule has 3 N–H and O–H groups in total. The minimum absolute atomic E-state index is 0.0173. The van der Waals surface area contributed by atoms with Crippen molar-refractivity contribution in [3.63, 3.8) is 0 Å². The van der Waals surface area contributed by atoms with Gasteiger partial charge in [0.2, 0.25) is 65.0 Å². The van der Waals surface area contributed by atoms with Gasteiger partial charge in [-0.3, -0.25) is 52.7 Å². The normalized spacial score (nSPS) is 24.9. The number of nitrogens with zero attached hydrogens (tertiary/aromatic N) is 8. The van der Waals surface area contributed by atoms with Crippen molar-refractivity contribution in [2.75, 3.05) is 75.5 Å². The predicted octanol–water partition coefficient (Wildman–Crippen LogP) is 4.92. The van der Waals surface area contributed by atoms with Gasteiger partial charge in [-0.15, -0.1) is 0 Å². The van der Waals surface area contributed by atoms with E-state index in [0.717, 1.165) is 37.8 Å². The Morgan fingerprint density at radius 3 is 1.87 bits per heavy atom. The van der Waals surface area contributed by atoms with Crippen molar-refractivity contribution < 1.29 is 70.3 Å². The van der Waals surface area contributed by atoms with Crippen molar-refractivity contribution in [3.05, 3.63) is 70.0 Å². The van der Waals surface area contributed by atoms with Crippen LogP contribution in [0.15, 0.2) is 42.5 Å². The monoisotopic (exact) mass is 1320 g/mol. The van der Waals surface area contributed by atoms with Crippen LogP contribution in [0.1, 0.15) is 129 Å². The molecule has 3 fully saturated rings. The molecule has 0 radical (unpaired) electrons. The standard InChI is InChI=1S/C65H94ClF4N11O11/c1-15-40(6)55-61(90)76(10)36-53(84)74(8)37-54(85)79(13)50(34-43-20-18-21-44(67)32-43)60(89)75(9)35-51(82)71-47(26-24-42-23-25-45(46(66)33-42)65(68,69)70)59(88)81-29-19-22-48(81)58(87)73-64(27-16-17-28-64)63(92)80(14)56(39(4)5)62(91)77(11)41(7)31-52(83)78(12)49(30-38(2)3)57(86)72-55/h18,20-21,23,25,32-33,38-41,47-50,55-56H,15-17,19,22,24,26-31,34-37H2,1-14H3,(H,71,82)(H,72,86)(H,73,87)/t40-,41+,47-,48-,49-,50-,55-,56-/m0/s1. The van der Waals surface area contributed by atoms with Gasteiger partial charge < -0.3 is 55.1 Å². The zero-order chi connectivity index (χ0) is 69.0. The minimum Gasteiger partial charge on any atom is -0.343 e. The molecule has 1 spiro atoms. The van der Waals surface area contributed by atoms with Crippen LogP contribution in [0, 0.1) is 23.6 Å². The molecule has 2 aliphatic heterocycles. The highest BCUT2D eigenvalue weighted by molar-refractivity contribution is 6.31. The van der Waals surface area contributed by atoms with Crippen LogP contribution in [0.25, 0.3) is 0 Å². The van der Waals surface area contributed by atoms with Crippen molar-refractivity contribution in [2.45, 2.75) is 180 Å². The number of hydrogen-bond donors (Lipinski definition) is 3. The summed E-state index contributed by atoms with van der Waals surface area (Å²) in [6.45, 7) is 10.6. The van der Waals surface area contributed by atoms with Gasteiger partial charge in [0, 0.05) is 74.8 Å². The van der Waals surface area contributed by atoms with Gasteiger partial charge in [0.05, 0.1) is 30.2 Å². The highest BCUT2D eigenvalue weighted by Crippen LogP contribution is 2.36. The first-order chi connectivity index (χ1) is 42.9. The smallest absolute Gasteiger partial charge is 0.343 e. The zero-order valence-corrected chi connectivity index (χ0v) is 56.3. The molecule has 1 aliphatic carbocycles. The Morgan fingerprint density at radius 2 is 1.28 bits per heavy atom. The molecule has 3 aliphatic rings. The van der Waals surface area contributed by atoms with Gasteiger partial charge >= 0.3 is 6.18 Å². The average molecular weight is 1320 g/mol. The first kappa shape index (κ1) is 75.3. The minimum atomic E-state index is -4.77. The quantitative estimate of drug-likeness (QED) is 0.270. The maximum Gasteiger partial charge on any atom is 0.417 e. The van der Waals surface area contributed by atoms with E-state index in [0.29, 0.717) is 25.7 Å². The van der Waals surface area contributed by atoms with Gasteiger partial charge in [-0.05, 0) is 105 Å². The lowest BCUT2D eigenvalue weighted by molar-refractivity contribution is -0.152. The largest absolute Gasteiger partial charge is 0.417 e. The van der Waals surface area contributed by atoms with E-state index in [1.807, 2.05) is 20.8 Å². The fraction of sp³-hybridized carbons (Fsp3) is 0.646. The molecule has 11 amide bonds. The van der Waals surface area contributed by atoms with Gasteiger partial charge in [0.1, 0.15) is 47.6 Å². The molecule has 0 aromatic heterocycles. The van der Waals surface area contributed by atoms with Gasteiger partial charge in [-0.2, -0.15) is 13.2 Å². The summed E-state index contributed by atoms with van der Waals surface area (Å²) >= 11 is 6.10. The second kappa shape index (κ2) is 32.5. The molecule has 92 heavy (non-hydrogen) atoms. The SMILES string of the molecule is CC[C@H](C)[C@@H]1NC(=O)[C@H](CC(C)C)N(C)C(=O)C[C@@H](C)N(C)C(=O)[C@H](C(C)C)N(C)C(=O)C2(CCCC2)NC(=O)[C@@H]2CCCN2C(=O)[C@H](CCc2ccc(C(F)(F)F)c(Cl)c2)NC(=O)CN(C)C(=O)[C@H](Cc2cccc(F)c2)N(C)C(=O)CN(C)C(=O)CN(C)C1=O. The summed E-state index contributed by atoms with van der Waals surface area (Å²) in [6.07, 6.45) is -3.20. The molecule has 0 unspecified atom stereocenters. The van der Waals surface area contributed by atoms with E-state index >= 15 is 4.79 Å². The van der Waals surface area contributed by atoms with Crippen LogP contribution in [0.4, 0.5) is 17.6 Å².